The van der Waals surface area contributed by atoms with Crippen molar-refractivity contribution in [3.63, 3.8) is 0 Å². The van der Waals surface area contributed by atoms with Gasteiger partial charge in [-0.25, -0.2) is 4.68 Å². The first-order valence-corrected chi connectivity index (χ1v) is 7.28. The number of ether oxygens (including phenoxy) is 1. The van der Waals surface area contributed by atoms with Gasteiger partial charge in [-0.1, -0.05) is 25.4 Å². The van der Waals surface area contributed by atoms with Crippen LogP contribution in [-0.4, -0.2) is 28.5 Å². The molecule has 1 heterocycles. The smallest absolute Gasteiger partial charge is 0.287 e. The van der Waals surface area contributed by atoms with Gasteiger partial charge in [0.1, 0.15) is 5.02 Å². The highest BCUT2D eigenvalue weighted by Gasteiger charge is 2.18. The van der Waals surface area contributed by atoms with Crippen LogP contribution in [0.4, 0.5) is 5.69 Å². The number of hydrogen-bond donors (Lipinski definition) is 1. The Bertz CT molecular complexity index is 498. The molecule has 0 spiro atoms. The number of anilines is 1. The molecule has 0 bridgehead atoms. The first-order chi connectivity index (χ1) is 9.26. The predicted molar refractivity (Wildman–Crippen MR) is 82.5 cm³/mol. The van der Waals surface area contributed by atoms with Crippen molar-refractivity contribution < 1.29 is 4.74 Å². The van der Waals surface area contributed by atoms with Crippen LogP contribution in [-0.2, 0) is 11.3 Å². The number of hydrogen-bond acceptors (Lipinski definition) is 4. The molecule has 0 saturated heterocycles. The zero-order chi connectivity index (χ0) is 15.3. The van der Waals surface area contributed by atoms with Crippen LogP contribution in [0.2, 0.25) is 5.02 Å². The Hall–Kier alpha value is -1.07. The van der Waals surface area contributed by atoms with E-state index in [-0.39, 0.29) is 16.2 Å². The fourth-order valence-corrected chi connectivity index (χ4v) is 2.03. The van der Waals surface area contributed by atoms with Crippen LogP contribution in [0.25, 0.3) is 0 Å². The summed E-state index contributed by atoms with van der Waals surface area (Å²) in [6, 6.07) is 0. The quantitative estimate of drug-likeness (QED) is 0.841. The van der Waals surface area contributed by atoms with Crippen LogP contribution < -0.4 is 10.9 Å². The number of rotatable bonds is 7. The summed E-state index contributed by atoms with van der Waals surface area (Å²) in [7, 11) is 0. The van der Waals surface area contributed by atoms with E-state index in [9.17, 15) is 4.79 Å². The van der Waals surface area contributed by atoms with E-state index in [2.05, 4.69) is 10.4 Å². The van der Waals surface area contributed by atoms with Gasteiger partial charge in [-0.15, -0.1) is 0 Å². The van der Waals surface area contributed by atoms with E-state index < -0.39 is 0 Å². The van der Waals surface area contributed by atoms with Crippen molar-refractivity contribution in [3.8, 4) is 0 Å². The molecule has 0 aliphatic rings. The molecule has 0 saturated carbocycles. The first kappa shape index (κ1) is 17.0. The standard InChI is InChI=1S/C14H24ClN3O2/c1-6-20-14(4,5)9-16-11-7-17-18(8-10(2)3)13(19)12(11)15/h7,10,16H,6,8-9H2,1-5H3. The van der Waals surface area contributed by atoms with Gasteiger partial charge in [-0.2, -0.15) is 5.10 Å². The fourth-order valence-electron chi connectivity index (χ4n) is 1.81. The summed E-state index contributed by atoms with van der Waals surface area (Å²) in [5, 5.41) is 7.44. The molecule has 0 aliphatic heterocycles. The third-order valence-corrected chi connectivity index (χ3v) is 3.13. The molecule has 0 aromatic carbocycles. The number of nitrogens with one attached hydrogen (secondary N) is 1. The van der Waals surface area contributed by atoms with Gasteiger partial charge in [0.25, 0.3) is 5.56 Å². The van der Waals surface area contributed by atoms with Gasteiger partial charge in [0.2, 0.25) is 0 Å². The number of halogens is 1. The molecular weight excluding hydrogens is 278 g/mol. The van der Waals surface area contributed by atoms with E-state index in [1.807, 2.05) is 34.6 Å². The van der Waals surface area contributed by atoms with Crippen LogP contribution in [0.1, 0.15) is 34.6 Å². The van der Waals surface area contributed by atoms with E-state index >= 15 is 0 Å². The van der Waals surface area contributed by atoms with Gasteiger partial charge in [-0.05, 0) is 26.7 Å². The summed E-state index contributed by atoms with van der Waals surface area (Å²) in [5.74, 6) is 0.340. The molecule has 1 N–H and O–H groups in total. The van der Waals surface area contributed by atoms with Crippen LogP contribution >= 0.6 is 11.6 Å². The molecule has 0 atom stereocenters. The van der Waals surface area contributed by atoms with Crippen LogP contribution in [0, 0.1) is 5.92 Å². The Labute approximate surface area is 125 Å². The minimum absolute atomic E-state index is 0.174. The van der Waals surface area contributed by atoms with E-state index in [0.717, 1.165) is 0 Å². The predicted octanol–water partition coefficient (Wildman–Crippen LogP) is 2.78. The monoisotopic (exact) mass is 301 g/mol. The van der Waals surface area contributed by atoms with Gasteiger partial charge in [0.05, 0.1) is 17.5 Å². The lowest BCUT2D eigenvalue weighted by Gasteiger charge is -2.25. The van der Waals surface area contributed by atoms with Gasteiger partial charge in [-0.3, -0.25) is 4.79 Å². The zero-order valence-electron chi connectivity index (χ0n) is 12.9. The van der Waals surface area contributed by atoms with Gasteiger partial charge < -0.3 is 10.1 Å². The summed E-state index contributed by atoms with van der Waals surface area (Å²) < 4.78 is 6.98. The molecule has 1 aromatic rings. The Morgan fingerprint density at radius 3 is 2.70 bits per heavy atom. The molecule has 1 aromatic heterocycles. The summed E-state index contributed by atoms with van der Waals surface area (Å²) in [6.07, 6.45) is 1.59. The molecule has 0 amide bonds. The lowest BCUT2D eigenvalue weighted by molar-refractivity contribution is 0.000692. The molecule has 20 heavy (non-hydrogen) atoms. The third kappa shape index (κ3) is 4.80. The van der Waals surface area contributed by atoms with Crippen LogP contribution in [0.15, 0.2) is 11.0 Å². The molecule has 0 radical (unpaired) electrons. The second kappa shape index (κ2) is 7.09. The van der Waals surface area contributed by atoms with Crippen molar-refractivity contribution in [1.82, 2.24) is 9.78 Å². The van der Waals surface area contributed by atoms with Gasteiger partial charge in [0.15, 0.2) is 0 Å². The van der Waals surface area contributed by atoms with Crippen molar-refractivity contribution in [3.05, 3.63) is 21.6 Å². The lowest BCUT2D eigenvalue weighted by atomic mass is 10.1. The molecular formula is C14H24ClN3O2. The SMILES string of the molecule is CCOC(C)(C)CNc1cnn(CC(C)C)c(=O)c1Cl. The number of nitrogens with zero attached hydrogens (tertiary/aromatic N) is 2. The van der Waals surface area contributed by atoms with Gasteiger partial charge in [0, 0.05) is 19.7 Å². The van der Waals surface area contributed by atoms with Crippen molar-refractivity contribution >= 4 is 17.3 Å². The summed E-state index contributed by atoms with van der Waals surface area (Å²) in [6.45, 7) is 11.7. The fraction of sp³-hybridized carbons (Fsp3) is 0.714. The second-order valence-corrected chi connectivity index (χ2v) is 6.18. The maximum absolute atomic E-state index is 12.1. The molecule has 114 valence electrons. The topological polar surface area (TPSA) is 56.1 Å². The third-order valence-electron chi connectivity index (χ3n) is 2.76. The van der Waals surface area contributed by atoms with E-state index in [1.165, 1.54) is 4.68 Å². The van der Waals surface area contributed by atoms with Crippen molar-refractivity contribution in [2.75, 3.05) is 18.5 Å². The lowest BCUT2D eigenvalue weighted by Crippen LogP contribution is -2.34. The van der Waals surface area contributed by atoms with Crippen molar-refractivity contribution in [1.29, 1.82) is 0 Å². The average Bonchev–Trinajstić information content (AvgIpc) is 2.33. The van der Waals surface area contributed by atoms with Crippen molar-refractivity contribution in [2.24, 2.45) is 5.92 Å². The normalized spacial score (nSPS) is 11.9. The molecule has 0 aliphatic carbocycles. The molecule has 0 fully saturated rings. The Kier molecular flexibility index (Phi) is 6.02. The van der Waals surface area contributed by atoms with Crippen LogP contribution in [0.5, 0.6) is 0 Å². The molecule has 5 nitrogen and oxygen atoms in total. The molecule has 0 unspecified atom stereocenters. The zero-order valence-corrected chi connectivity index (χ0v) is 13.6. The van der Waals surface area contributed by atoms with Gasteiger partial charge >= 0.3 is 0 Å². The minimum Gasteiger partial charge on any atom is -0.379 e. The Morgan fingerprint density at radius 1 is 1.50 bits per heavy atom. The summed E-state index contributed by atoms with van der Waals surface area (Å²) in [4.78, 5) is 12.1. The second-order valence-electron chi connectivity index (χ2n) is 5.80. The number of aromatic nitrogens is 2. The molecule has 6 heteroatoms. The largest absolute Gasteiger partial charge is 0.379 e. The maximum atomic E-state index is 12.1. The Morgan fingerprint density at radius 2 is 2.15 bits per heavy atom. The highest BCUT2D eigenvalue weighted by Crippen LogP contribution is 2.18. The van der Waals surface area contributed by atoms with Crippen LogP contribution in [0.3, 0.4) is 0 Å². The minimum atomic E-state index is -0.328. The highest BCUT2D eigenvalue weighted by atomic mass is 35.5. The summed E-state index contributed by atoms with van der Waals surface area (Å²) in [5.41, 5.74) is -0.0470. The van der Waals surface area contributed by atoms with E-state index in [1.54, 1.807) is 6.20 Å². The summed E-state index contributed by atoms with van der Waals surface area (Å²) >= 11 is 6.11. The maximum Gasteiger partial charge on any atom is 0.287 e. The Balaban J connectivity index is 2.83. The van der Waals surface area contributed by atoms with E-state index in [4.69, 9.17) is 16.3 Å². The molecule has 1 rings (SSSR count). The first-order valence-electron chi connectivity index (χ1n) is 6.90. The average molecular weight is 302 g/mol. The van der Waals surface area contributed by atoms with Crippen molar-refractivity contribution in [2.45, 2.75) is 46.8 Å². The highest BCUT2D eigenvalue weighted by molar-refractivity contribution is 6.32. The van der Waals surface area contributed by atoms with E-state index in [0.29, 0.717) is 31.3 Å².